The first-order valence-corrected chi connectivity index (χ1v) is 11.9. The van der Waals surface area contributed by atoms with Crippen molar-refractivity contribution in [2.75, 3.05) is 23.2 Å². The van der Waals surface area contributed by atoms with Crippen molar-refractivity contribution in [1.29, 1.82) is 0 Å². The number of nitrogens with one attached hydrogen (secondary N) is 2. The highest BCUT2D eigenvalue weighted by atomic mass is 32.2. The van der Waals surface area contributed by atoms with Gasteiger partial charge < -0.3 is 9.47 Å². The summed E-state index contributed by atoms with van der Waals surface area (Å²) in [6.07, 6.45) is 1.16. The summed E-state index contributed by atoms with van der Waals surface area (Å²) in [5, 5.41) is 0. The second-order valence-electron chi connectivity index (χ2n) is 6.09. The average Bonchev–Trinajstić information content (AvgIpc) is 2.74. The molecule has 31 heavy (non-hydrogen) atoms. The molecule has 0 saturated heterocycles. The Hall–Kier alpha value is -3.38. The molecule has 0 saturated carbocycles. The molecular weight excluding hydrogens is 444 g/mol. The van der Waals surface area contributed by atoms with E-state index < -0.39 is 20.0 Å². The minimum absolute atomic E-state index is 0.0344. The van der Waals surface area contributed by atoms with Crippen LogP contribution in [0.4, 0.5) is 11.5 Å². The lowest BCUT2D eigenvalue weighted by molar-refractivity contribution is 0.340. The van der Waals surface area contributed by atoms with Gasteiger partial charge in [-0.25, -0.2) is 26.8 Å². The van der Waals surface area contributed by atoms with E-state index in [4.69, 9.17) is 9.47 Å². The van der Waals surface area contributed by atoms with Gasteiger partial charge in [-0.3, -0.25) is 9.44 Å². The summed E-state index contributed by atoms with van der Waals surface area (Å²) >= 11 is 0. The number of rotatable bonds is 9. The smallest absolute Gasteiger partial charge is 0.263 e. The second-order valence-corrected chi connectivity index (χ2v) is 9.45. The fraction of sp³-hybridized carbons (Fsp3) is 0.158. The highest BCUT2D eigenvalue weighted by Crippen LogP contribution is 2.22. The molecule has 0 amide bonds. The molecule has 3 aromatic rings. The van der Waals surface area contributed by atoms with Gasteiger partial charge in [-0.1, -0.05) is 0 Å². The Bertz CT molecular complexity index is 1250. The molecule has 2 N–H and O–H groups in total. The van der Waals surface area contributed by atoms with E-state index in [-0.39, 0.29) is 27.2 Å². The number of anilines is 2. The predicted octanol–water partition coefficient (Wildman–Crippen LogP) is 2.49. The number of benzene rings is 2. The molecule has 164 valence electrons. The minimum Gasteiger partial charge on any atom is -0.494 e. The van der Waals surface area contributed by atoms with Crippen LogP contribution in [0.5, 0.6) is 11.6 Å². The van der Waals surface area contributed by atoms with Crippen LogP contribution in [-0.4, -0.2) is 40.5 Å². The Morgan fingerprint density at radius 1 is 0.839 bits per heavy atom. The Kier molecular flexibility index (Phi) is 6.61. The largest absolute Gasteiger partial charge is 0.494 e. The van der Waals surface area contributed by atoms with Crippen LogP contribution in [0, 0.1) is 0 Å². The fourth-order valence-corrected chi connectivity index (χ4v) is 4.56. The topological polar surface area (TPSA) is 137 Å². The molecule has 0 spiro atoms. The van der Waals surface area contributed by atoms with E-state index in [0.29, 0.717) is 12.4 Å². The monoisotopic (exact) mass is 464 g/mol. The van der Waals surface area contributed by atoms with Crippen LogP contribution in [0.25, 0.3) is 0 Å². The van der Waals surface area contributed by atoms with E-state index in [1.807, 2.05) is 6.92 Å². The molecule has 12 heteroatoms. The predicted molar refractivity (Wildman–Crippen MR) is 114 cm³/mol. The first-order chi connectivity index (χ1) is 14.7. The zero-order valence-electron chi connectivity index (χ0n) is 16.6. The van der Waals surface area contributed by atoms with Crippen molar-refractivity contribution in [3.63, 3.8) is 0 Å². The van der Waals surface area contributed by atoms with Crippen LogP contribution < -0.4 is 18.9 Å². The Balaban J connectivity index is 1.74. The highest BCUT2D eigenvalue weighted by molar-refractivity contribution is 7.93. The van der Waals surface area contributed by atoms with Gasteiger partial charge in [0.15, 0.2) is 0 Å². The first-order valence-electron chi connectivity index (χ1n) is 8.98. The van der Waals surface area contributed by atoms with Gasteiger partial charge in [-0.05, 0) is 55.5 Å². The molecule has 0 bridgehead atoms. The summed E-state index contributed by atoms with van der Waals surface area (Å²) in [6, 6.07) is 12.5. The highest BCUT2D eigenvalue weighted by Gasteiger charge is 2.18. The molecule has 0 aliphatic carbocycles. The van der Waals surface area contributed by atoms with Gasteiger partial charge in [-0.15, -0.1) is 0 Å². The van der Waals surface area contributed by atoms with Crippen LogP contribution >= 0.6 is 0 Å². The third-order valence-electron chi connectivity index (χ3n) is 3.95. The number of ether oxygens (including phenoxy) is 2. The molecule has 0 unspecified atom stereocenters. The summed E-state index contributed by atoms with van der Waals surface area (Å²) in [5.74, 6) is 0.795. The van der Waals surface area contributed by atoms with E-state index >= 15 is 0 Å². The van der Waals surface area contributed by atoms with Crippen molar-refractivity contribution in [3.8, 4) is 11.6 Å². The molecule has 0 fully saturated rings. The van der Waals surface area contributed by atoms with E-state index in [1.165, 1.54) is 49.6 Å². The summed E-state index contributed by atoms with van der Waals surface area (Å²) in [7, 11) is -6.40. The van der Waals surface area contributed by atoms with Crippen molar-refractivity contribution in [3.05, 3.63) is 60.9 Å². The normalized spacial score (nSPS) is 11.5. The standard InChI is InChI=1S/C19H20N4O6S2/c1-3-29-15-6-10-17(11-7-15)30(24,25)22-14-4-8-16(9-5-14)31(26,27)23-18-12-19(28-2)21-13-20-18/h4-13,22H,3H2,1-2H3,(H,20,21,23). The van der Waals surface area contributed by atoms with Gasteiger partial charge in [0.2, 0.25) is 5.88 Å². The van der Waals surface area contributed by atoms with E-state index in [0.717, 1.165) is 6.33 Å². The zero-order chi connectivity index (χ0) is 22.5. The maximum absolute atomic E-state index is 12.5. The Morgan fingerprint density at radius 3 is 2.00 bits per heavy atom. The molecule has 0 radical (unpaired) electrons. The maximum atomic E-state index is 12.5. The third kappa shape index (κ3) is 5.61. The van der Waals surface area contributed by atoms with Gasteiger partial charge in [0.25, 0.3) is 20.0 Å². The number of hydrogen-bond donors (Lipinski definition) is 2. The summed E-state index contributed by atoms with van der Waals surface area (Å²) in [5.41, 5.74) is 0.205. The summed E-state index contributed by atoms with van der Waals surface area (Å²) < 4.78 is 65.1. The molecule has 2 aromatic carbocycles. The number of aromatic nitrogens is 2. The van der Waals surface area contributed by atoms with Gasteiger partial charge in [0, 0.05) is 11.8 Å². The van der Waals surface area contributed by atoms with Crippen molar-refractivity contribution < 1.29 is 26.3 Å². The number of hydrogen-bond acceptors (Lipinski definition) is 8. The molecule has 1 heterocycles. The van der Waals surface area contributed by atoms with Crippen molar-refractivity contribution >= 4 is 31.6 Å². The Labute approximate surface area is 180 Å². The van der Waals surface area contributed by atoms with Crippen LogP contribution in [0.2, 0.25) is 0 Å². The minimum atomic E-state index is -3.95. The van der Waals surface area contributed by atoms with Crippen LogP contribution in [0.3, 0.4) is 0 Å². The quantitative estimate of drug-likeness (QED) is 0.493. The number of sulfonamides is 2. The second kappa shape index (κ2) is 9.18. The molecule has 0 aliphatic rings. The van der Waals surface area contributed by atoms with Gasteiger partial charge in [0.05, 0.1) is 23.5 Å². The molecule has 10 nitrogen and oxygen atoms in total. The lowest BCUT2D eigenvalue weighted by Gasteiger charge is -2.11. The van der Waals surface area contributed by atoms with Crippen LogP contribution in [0.15, 0.2) is 70.7 Å². The summed E-state index contributed by atoms with van der Waals surface area (Å²) in [4.78, 5) is 7.61. The lowest BCUT2D eigenvalue weighted by Crippen LogP contribution is -2.15. The van der Waals surface area contributed by atoms with Crippen LogP contribution in [0.1, 0.15) is 6.92 Å². The van der Waals surface area contributed by atoms with Crippen LogP contribution in [-0.2, 0) is 20.0 Å². The van der Waals surface area contributed by atoms with Gasteiger partial charge in [0.1, 0.15) is 17.9 Å². The first kappa shape index (κ1) is 22.3. The third-order valence-corrected chi connectivity index (χ3v) is 6.72. The molecule has 3 rings (SSSR count). The number of nitrogens with zero attached hydrogens (tertiary/aromatic N) is 2. The average molecular weight is 465 g/mol. The zero-order valence-corrected chi connectivity index (χ0v) is 18.3. The van der Waals surface area contributed by atoms with Crippen molar-refractivity contribution in [1.82, 2.24) is 9.97 Å². The van der Waals surface area contributed by atoms with E-state index in [9.17, 15) is 16.8 Å². The van der Waals surface area contributed by atoms with Gasteiger partial charge in [-0.2, -0.15) is 0 Å². The van der Waals surface area contributed by atoms with Crippen molar-refractivity contribution in [2.24, 2.45) is 0 Å². The van der Waals surface area contributed by atoms with Crippen molar-refractivity contribution in [2.45, 2.75) is 16.7 Å². The lowest BCUT2D eigenvalue weighted by atomic mass is 10.3. The molecular formula is C19H20N4O6S2. The molecule has 0 aliphatic heterocycles. The SMILES string of the molecule is CCOc1ccc(S(=O)(=O)Nc2ccc(S(=O)(=O)Nc3cc(OC)ncn3)cc2)cc1. The molecule has 1 aromatic heterocycles. The number of methoxy groups -OCH3 is 1. The van der Waals surface area contributed by atoms with E-state index in [1.54, 1.807) is 12.1 Å². The molecule has 0 atom stereocenters. The van der Waals surface area contributed by atoms with Gasteiger partial charge >= 0.3 is 0 Å². The maximum Gasteiger partial charge on any atom is 0.263 e. The van der Waals surface area contributed by atoms with E-state index in [2.05, 4.69) is 19.4 Å². The summed E-state index contributed by atoms with van der Waals surface area (Å²) in [6.45, 7) is 2.30. The fourth-order valence-electron chi connectivity index (χ4n) is 2.50. The Morgan fingerprint density at radius 2 is 1.42 bits per heavy atom.